The Bertz CT molecular complexity index is 324. The van der Waals surface area contributed by atoms with E-state index in [1.54, 1.807) is 0 Å². The monoisotopic (exact) mass is 251 g/mol. The first-order valence-corrected chi connectivity index (χ1v) is 6.81. The maximum atomic E-state index is 4.04. The summed E-state index contributed by atoms with van der Waals surface area (Å²) in [7, 11) is 4.43. The average molecular weight is 251 g/mol. The van der Waals surface area contributed by atoms with E-state index < -0.39 is 0 Å². The summed E-state index contributed by atoms with van der Waals surface area (Å²) in [5, 5.41) is 3.57. The molecular formula is C13H25N5. The molecule has 1 saturated heterocycles. The second-order valence-corrected chi connectivity index (χ2v) is 5.25. The van der Waals surface area contributed by atoms with Gasteiger partial charge < -0.3 is 14.8 Å². The summed E-state index contributed by atoms with van der Waals surface area (Å²) in [5.41, 5.74) is 0. The van der Waals surface area contributed by atoms with E-state index in [9.17, 15) is 0 Å². The van der Waals surface area contributed by atoms with E-state index in [-0.39, 0.29) is 0 Å². The van der Waals surface area contributed by atoms with Crippen LogP contribution >= 0.6 is 0 Å². The number of nitrogens with one attached hydrogen (secondary N) is 1. The Kier molecular flexibility index (Phi) is 5.16. The van der Waals surface area contributed by atoms with E-state index in [0.717, 1.165) is 26.1 Å². The molecule has 1 aromatic rings. The molecule has 1 aliphatic heterocycles. The summed E-state index contributed by atoms with van der Waals surface area (Å²) in [5.74, 6) is 0. The fourth-order valence-corrected chi connectivity index (χ4v) is 2.40. The third-order valence-corrected chi connectivity index (χ3v) is 3.69. The molecule has 2 heterocycles. The zero-order chi connectivity index (χ0) is 12.8. The third kappa shape index (κ3) is 4.08. The number of hydrogen-bond acceptors (Lipinski definition) is 4. The minimum Gasteiger partial charge on any atom is -0.337 e. The van der Waals surface area contributed by atoms with Crippen LogP contribution in [0.15, 0.2) is 18.7 Å². The minimum absolute atomic E-state index is 0.650. The summed E-state index contributed by atoms with van der Waals surface area (Å²) in [6.07, 6.45) is 6.89. The Hall–Kier alpha value is -0.910. The fourth-order valence-electron chi connectivity index (χ4n) is 2.40. The minimum atomic E-state index is 0.650. The molecule has 1 N–H and O–H groups in total. The van der Waals surface area contributed by atoms with Crippen LogP contribution in [0.4, 0.5) is 0 Å². The predicted molar refractivity (Wildman–Crippen MR) is 73.6 cm³/mol. The first-order chi connectivity index (χ1) is 8.75. The van der Waals surface area contributed by atoms with Gasteiger partial charge >= 0.3 is 0 Å². The maximum absolute atomic E-state index is 4.04. The molecule has 5 heteroatoms. The molecule has 0 aromatic carbocycles. The highest BCUT2D eigenvalue weighted by atomic mass is 15.3. The van der Waals surface area contributed by atoms with Crippen molar-refractivity contribution in [2.24, 2.45) is 0 Å². The molecule has 1 atom stereocenters. The molecule has 0 radical (unpaired) electrons. The van der Waals surface area contributed by atoms with E-state index >= 15 is 0 Å². The normalized spacial score (nSPS) is 22.4. The van der Waals surface area contributed by atoms with Gasteiger partial charge in [0, 0.05) is 51.2 Å². The number of likely N-dealkylation sites (N-methyl/N-ethyl adjacent to an activating group) is 2. The van der Waals surface area contributed by atoms with Crippen LogP contribution in [0.2, 0.25) is 0 Å². The quantitative estimate of drug-likeness (QED) is 0.728. The Morgan fingerprint density at radius 1 is 1.33 bits per heavy atom. The summed E-state index contributed by atoms with van der Waals surface area (Å²) >= 11 is 0. The van der Waals surface area contributed by atoms with Crippen molar-refractivity contribution >= 4 is 0 Å². The average Bonchev–Trinajstić information content (AvgIpc) is 2.86. The topological polar surface area (TPSA) is 36.3 Å². The molecule has 1 fully saturated rings. The molecule has 2 rings (SSSR count). The SMILES string of the molecule is CN1CCN(C)C(CNCCCn2ccnc2)C1. The van der Waals surface area contributed by atoms with Crippen molar-refractivity contribution in [3.05, 3.63) is 18.7 Å². The summed E-state index contributed by atoms with van der Waals surface area (Å²) < 4.78 is 2.13. The lowest BCUT2D eigenvalue weighted by atomic mass is 10.2. The van der Waals surface area contributed by atoms with Crippen molar-refractivity contribution in [1.29, 1.82) is 0 Å². The van der Waals surface area contributed by atoms with Gasteiger partial charge in [-0.3, -0.25) is 4.90 Å². The Labute approximate surface area is 110 Å². The van der Waals surface area contributed by atoms with Crippen LogP contribution < -0.4 is 5.32 Å². The summed E-state index contributed by atoms with van der Waals surface area (Å²) in [6.45, 7) is 6.75. The van der Waals surface area contributed by atoms with E-state index in [1.807, 2.05) is 18.7 Å². The third-order valence-electron chi connectivity index (χ3n) is 3.69. The van der Waals surface area contributed by atoms with Gasteiger partial charge in [0.1, 0.15) is 0 Å². The second-order valence-electron chi connectivity index (χ2n) is 5.25. The molecule has 18 heavy (non-hydrogen) atoms. The number of piperazine rings is 1. The highest BCUT2D eigenvalue weighted by Gasteiger charge is 2.21. The Balaban J connectivity index is 1.57. The summed E-state index contributed by atoms with van der Waals surface area (Å²) in [4.78, 5) is 8.92. The van der Waals surface area contributed by atoms with Crippen LogP contribution in [0.3, 0.4) is 0 Å². The van der Waals surface area contributed by atoms with Crippen molar-refractivity contribution in [2.75, 3.05) is 46.8 Å². The lowest BCUT2D eigenvalue weighted by molar-refractivity contribution is 0.113. The Morgan fingerprint density at radius 2 is 2.22 bits per heavy atom. The number of hydrogen-bond donors (Lipinski definition) is 1. The van der Waals surface area contributed by atoms with Crippen LogP contribution in [-0.2, 0) is 6.54 Å². The zero-order valence-corrected chi connectivity index (χ0v) is 11.5. The van der Waals surface area contributed by atoms with Crippen LogP contribution in [-0.4, -0.2) is 72.2 Å². The van der Waals surface area contributed by atoms with Gasteiger partial charge in [-0.2, -0.15) is 0 Å². The lowest BCUT2D eigenvalue weighted by Gasteiger charge is -2.37. The number of nitrogens with zero attached hydrogens (tertiary/aromatic N) is 4. The summed E-state index contributed by atoms with van der Waals surface area (Å²) in [6, 6.07) is 0.650. The number of rotatable bonds is 6. The van der Waals surface area contributed by atoms with Crippen molar-refractivity contribution in [2.45, 2.75) is 19.0 Å². The molecule has 102 valence electrons. The standard InChI is InChI=1S/C13H25N5/c1-16-8-9-17(2)13(11-16)10-14-4-3-6-18-7-5-15-12-18/h5,7,12-14H,3-4,6,8-11H2,1-2H3. The van der Waals surface area contributed by atoms with Crippen molar-refractivity contribution < 1.29 is 0 Å². The largest absolute Gasteiger partial charge is 0.337 e. The van der Waals surface area contributed by atoms with Gasteiger partial charge in [0.15, 0.2) is 0 Å². The first kappa shape index (κ1) is 13.5. The highest BCUT2D eigenvalue weighted by Crippen LogP contribution is 2.04. The van der Waals surface area contributed by atoms with Gasteiger partial charge in [0.2, 0.25) is 0 Å². The van der Waals surface area contributed by atoms with Gasteiger partial charge in [-0.15, -0.1) is 0 Å². The van der Waals surface area contributed by atoms with Crippen LogP contribution in [0.5, 0.6) is 0 Å². The van der Waals surface area contributed by atoms with Gasteiger partial charge in [-0.05, 0) is 27.1 Å². The molecule has 5 nitrogen and oxygen atoms in total. The van der Waals surface area contributed by atoms with E-state index in [0.29, 0.717) is 6.04 Å². The van der Waals surface area contributed by atoms with Crippen molar-refractivity contribution in [3.63, 3.8) is 0 Å². The molecule has 0 spiro atoms. The molecule has 1 aromatic heterocycles. The van der Waals surface area contributed by atoms with Gasteiger partial charge in [0.05, 0.1) is 6.33 Å². The second kappa shape index (κ2) is 6.87. The molecule has 0 amide bonds. The van der Waals surface area contributed by atoms with Crippen LogP contribution in [0, 0.1) is 0 Å². The van der Waals surface area contributed by atoms with Crippen molar-refractivity contribution in [3.8, 4) is 0 Å². The van der Waals surface area contributed by atoms with E-state index in [4.69, 9.17) is 0 Å². The molecule has 0 bridgehead atoms. The predicted octanol–water partition coefficient (Wildman–Crippen LogP) is 0.109. The van der Waals surface area contributed by atoms with Gasteiger partial charge in [-0.25, -0.2) is 4.98 Å². The zero-order valence-electron chi connectivity index (χ0n) is 11.5. The van der Waals surface area contributed by atoms with E-state index in [1.165, 1.54) is 19.6 Å². The molecule has 1 aliphatic rings. The smallest absolute Gasteiger partial charge is 0.0945 e. The first-order valence-electron chi connectivity index (χ1n) is 6.81. The lowest BCUT2D eigenvalue weighted by Crippen LogP contribution is -2.53. The van der Waals surface area contributed by atoms with Crippen LogP contribution in [0.1, 0.15) is 6.42 Å². The molecule has 0 saturated carbocycles. The van der Waals surface area contributed by atoms with Crippen LogP contribution in [0.25, 0.3) is 0 Å². The fraction of sp³-hybridized carbons (Fsp3) is 0.769. The van der Waals surface area contributed by atoms with Gasteiger partial charge in [-0.1, -0.05) is 0 Å². The maximum Gasteiger partial charge on any atom is 0.0945 e. The number of aryl methyl sites for hydroxylation is 1. The number of imidazole rings is 1. The Morgan fingerprint density at radius 3 is 3.00 bits per heavy atom. The molecule has 1 unspecified atom stereocenters. The molecular weight excluding hydrogens is 226 g/mol. The van der Waals surface area contributed by atoms with E-state index in [2.05, 4.69) is 38.8 Å². The van der Waals surface area contributed by atoms with Gasteiger partial charge in [0.25, 0.3) is 0 Å². The number of aromatic nitrogens is 2. The van der Waals surface area contributed by atoms with Crippen molar-refractivity contribution in [1.82, 2.24) is 24.7 Å². The molecule has 0 aliphatic carbocycles. The highest BCUT2D eigenvalue weighted by molar-refractivity contribution is 4.80.